The molecule has 0 aliphatic heterocycles. The summed E-state index contributed by atoms with van der Waals surface area (Å²) >= 11 is 0. The minimum Gasteiger partial charge on any atom is -0.497 e. The van der Waals surface area contributed by atoms with Gasteiger partial charge in [0.1, 0.15) is 11.4 Å². The molecule has 0 aliphatic carbocycles. The number of aromatic amines is 1. The normalized spacial score (nSPS) is 11.2. The number of nitrogens with one attached hydrogen (secondary N) is 1. The van der Waals surface area contributed by atoms with Crippen molar-refractivity contribution in [3.63, 3.8) is 0 Å². The predicted molar refractivity (Wildman–Crippen MR) is 89.9 cm³/mol. The molecule has 0 saturated heterocycles. The predicted octanol–water partition coefficient (Wildman–Crippen LogP) is 3.54. The van der Waals surface area contributed by atoms with Crippen molar-refractivity contribution < 1.29 is 9.53 Å². The third-order valence-corrected chi connectivity index (χ3v) is 4.19. The molecule has 0 fully saturated rings. The average Bonchev–Trinajstić information content (AvgIpc) is 3.12. The molecule has 0 bridgehead atoms. The van der Waals surface area contributed by atoms with E-state index in [1.54, 1.807) is 13.3 Å². The fourth-order valence-electron chi connectivity index (χ4n) is 3.07. The van der Waals surface area contributed by atoms with Gasteiger partial charge < -0.3 is 14.3 Å². The number of hydrogen-bond acceptors (Lipinski definition) is 3. The first kappa shape index (κ1) is 13.6. The smallest absolute Gasteiger partial charge is 0.152 e. The van der Waals surface area contributed by atoms with Gasteiger partial charge >= 0.3 is 0 Å². The lowest BCUT2D eigenvalue weighted by Crippen LogP contribution is -1.85. The van der Waals surface area contributed by atoms with E-state index in [1.807, 2.05) is 48.1 Å². The van der Waals surface area contributed by atoms with Crippen LogP contribution >= 0.6 is 0 Å². The summed E-state index contributed by atoms with van der Waals surface area (Å²) < 4.78 is 7.38. The molecule has 0 spiro atoms. The fraction of sp³-hybridized carbons (Fsp3) is 0.111. The fourth-order valence-corrected chi connectivity index (χ4v) is 3.07. The minimum absolute atomic E-state index is 0.628. The van der Waals surface area contributed by atoms with E-state index < -0.39 is 0 Å². The zero-order valence-corrected chi connectivity index (χ0v) is 12.8. The maximum absolute atomic E-state index is 11.7. The molecular formula is C18H15N3O2. The van der Waals surface area contributed by atoms with Gasteiger partial charge in [-0.15, -0.1) is 0 Å². The third kappa shape index (κ3) is 1.93. The molecule has 0 atom stereocenters. The molecule has 1 aromatic carbocycles. The molecule has 0 aliphatic rings. The number of ether oxygens (including phenoxy) is 1. The average molecular weight is 305 g/mol. The summed E-state index contributed by atoms with van der Waals surface area (Å²) in [5.41, 5.74) is 4.16. The number of fused-ring (bicyclic) bond motifs is 2. The summed E-state index contributed by atoms with van der Waals surface area (Å²) in [5.74, 6) is 0.784. The summed E-state index contributed by atoms with van der Waals surface area (Å²) in [6.45, 7) is 0. The van der Waals surface area contributed by atoms with Crippen molar-refractivity contribution >= 4 is 28.2 Å². The molecule has 0 radical (unpaired) electrons. The van der Waals surface area contributed by atoms with E-state index >= 15 is 0 Å². The molecule has 1 N–H and O–H groups in total. The van der Waals surface area contributed by atoms with Crippen LogP contribution in [0.1, 0.15) is 10.4 Å². The molecule has 4 rings (SSSR count). The van der Waals surface area contributed by atoms with Gasteiger partial charge in [0, 0.05) is 46.9 Å². The van der Waals surface area contributed by atoms with Crippen LogP contribution < -0.4 is 4.74 Å². The van der Waals surface area contributed by atoms with Gasteiger partial charge in [0.25, 0.3) is 0 Å². The number of carbonyl (C=O) groups is 1. The maximum Gasteiger partial charge on any atom is 0.152 e. The second kappa shape index (κ2) is 4.98. The molecule has 4 aromatic rings. The summed E-state index contributed by atoms with van der Waals surface area (Å²) in [6, 6.07) is 9.66. The summed E-state index contributed by atoms with van der Waals surface area (Å²) in [7, 11) is 3.63. The van der Waals surface area contributed by atoms with E-state index in [0.29, 0.717) is 11.2 Å². The van der Waals surface area contributed by atoms with E-state index in [2.05, 4.69) is 9.97 Å². The van der Waals surface area contributed by atoms with Crippen molar-refractivity contribution in [2.24, 2.45) is 7.05 Å². The monoisotopic (exact) mass is 305 g/mol. The van der Waals surface area contributed by atoms with Gasteiger partial charge in [-0.1, -0.05) is 0 Å². The van der Waals surface area contributed by atoms with Gasteiger partial charge in [-0.25, -0.2) is 4.98 Å². The lowest BCUT2D eigenvalue weighted by atomic mass is 10.1. The molecule has 0 saturated carbocycles. The Morgan fingerprint density at radius 1 is 1.26 bits per heavy atom. The van der Waals surface area contributed by atoms with Crippen LogP contribution in [0.25, 0.3) is 33.2 Å². The number of nitrogens with zero attached hydrogens (tertiary/aromatic N) is 2. The van der Waals surface area contributed by atoms with Crippen LogP contribution in [0.2, 0.25) is 0 Å². The van der Waals surface area contributed by atoms with Gasteiger partial charge in [-0.2, -0.15) is 0 Å². The van der Waals surface area contributed by atoms with Crippen LogP contribution in [0.5, 0.6) is 5.75 Å². The minimum atomic E-state index is 0.628. The van der Waals surface area contributed by atoms with Crippen molar-refractivity contribution in [2.75, 3.05) is 7.11 Å². The number of benzene rings is 1. The van der Waals surface area contributed by atoms with Crippen LogP contribution in [-0.2, 0) is 7.05 Å². The number of rotatable bonds is 3. The van der Waals surface area contributed by atoms with Crippen LogP contribution in [-0.4, -0.2) is 27.9 Å². The molecule has 114 valence electrons. The lowest BCUT2D eigenvalue weighted by Gasteiger charge is -2.02. The first-order valence-corrected chi connectivity index (χ1v) is 7.28. The summed E-state index contributed by atoms with van der Waals surface area (Å²) in [4.78, 5) is 19.3. The van der Waals surface area contributed by atoms with Crippen LogP contribution in [0.15, 0.2) is 42.7 Å². The number of H-pyrrole nitrogens is 1. The molecule has 5 heteroatoms. The SMILES string of the molecule is COc1ccc2c(c1)c(-c1[nH]c3ncccc3c1C=O)cn2C. The molecular weight excluding hydrogens is 290 g/mol. The van der Waals surface area contributed by atoms with Crippen LogP contribution in [0.3, 0.4) is 0 Å². The highest BCUT2D eigenvalue weighted by atomic mass is 16.5. The van der Waals surface area contributed by atoms with E-state index in [1.165, 1.54) is 0 Å². The Morgan fingerprint density at radius 2 is 2.13 bits per heavy atom. The van der Waals surface area contributed by atoms with Crippen molar-refractivity contribution in [1.82, 2.24) is 14.5 Å². The zero-order valence-electron chi connectivity index (χ0n) is 12.8. The Hall–Kier alpha value is -3.08. The first-order valence-electron chi connectivity index (χ1n) is 7.28. The van der Waals surface area contributed by atoms with Crippen molar-refractivity contribution in [2.45, 2.75) is 0 Å². The standard InChI is InChI=1S/C18H15N3O2/c1-21-9-14(13-8-11(23-2)5-6-16(13)21)17-15(10-22)12-4-3-7-19-18(12)20-17/h3-10H,1-2H3,(H,19,20). The highest BCUT2D eigenvalue weighted by Gasteiger charge is 2.17. The highest BCUT2D eigenvalue weighted by molar-refractivity contribution is 6.07. The van der Waals surface area contributed by atoms with Gasteiger partial charge in [-0.3, -0.25) is 4.79 Å². The quantitative estimate of drug-likeness (QED) is 0.589. The Balaban J connectivity index is 2.08. The number of methoxy groups -OCH3 is 1. The van der Waals surface area contributed by atoms with E-state index in [0.717, 1.165) is 39.6 Å². The number of aromatic nitrogens is 3. The highest BCUT2D eigenvalue weighted by Crippen LogP contribution is 2.35. The third-order valence-electron chi connectivity index (χ3n) is 4.19. The second-order valence-electron chi connectivity index (χ2n) is 5.47. The maximum atomic E-state index is 11.7. The van der Waals surface area contributed by atoms with Crippen molar-refractivity contribution in [3.8, 4) is 17.0 Å². The van der Waals surface area contributed by atoms with E-state index in [9.17, 15) is 4.79 Å². The second-order valence-corrected chi connectivity index (χ2v) is 5.47. The number of aldehydes is 1. The lowest BCUT2D eigenvalue weighted by molar-refractivity contribution is 0.112. The van der Waals surface area contributed by atoms with Gasteiger partial charge in [-0.05, 0) is 30.3 Å². The number of pyridine rings is 1. The largest absolute Gasteiger partial charge is 0.497 e. The summed E-state index contributed by atoms with van der Waals surface area (Å²) in [6.07, 6.45) is 4.61. The molecule has 23 heavy (non-hydrogen) atoms. The van der Waals surface area contributed by atoms with Gasteiger partial charge in [0.05, 0.1) is 12.8 Å². The molecule has 0 unspecified atom stereocenters. The topological polar surface area (TPSA) is 59.9 Å². The van der Waals surface area contributed by atoms with Crippen LogP contribution in [0, 0.1) is 0 Å². The van der Waals surface area contributed by atoms with Crippen LogP contribution in [0.4, 0.5) is 0 Å². The Bertz CT molecular complexity index is 1040. The number of aryl methyl sites for hydroxylation is 1. The Morgan fingerprint density at radius 3 is 2.91 bits per heavy atom. The van der Waals surface area contributed by atoms with Gasteiger partial charge in [0.15, 0.2) is 6.29 Å². The van der Waals surface area contributed by atoms with E-state index in [-0.39, 0.29) is 0 Å². The summed E-state index contributed by atoms with van der Waals surface area (Å²) in [5, 5.41) is 1.86. The number of carbonyl (C=O) groups excluding carboxylic acids is 1. The Kier molecular flexibility index (Phi) is 2.94. The molecule has 0 amide bonds. The zero-order chi connectivity index (χ0) is 16.0. The molecule has 3 heterocycles. The van der Waals surface area contributed by atoms with Crippen molar-refractivity contribution in [1.29, 1.82) is 0 Å². The molecule has 3 aromatic heterocycles. The van der Waals surface area contributed by atoms with E-state index in [4.69, 9.17) is 4.74 Å². The first-order chi connectivity index (χ1) is 11.2. The van der Waals surface area contributed by atoms with Crippen molar-refractivity contribution in [3.05, 3.63) is 48.3 Å². The van der Waals surface area contributed by atoms with Gasteiger partial charge in [0.2, 0.25) is 0 Å². The number of hydrogen-bond donors (Lipinski definition) is 1. The Labute approximate surface area is 132 Å². The molecule has 5 nitrogen and oxygen atoms in total.